The minimum Gasteiger partial charge on any atom is -0.351 e. The second-order valence-electron chi connectivity index (χ2n) is 5.74. The minimum absolute atomic E-state index is 0.103. The standard InChI is InChI=1S/C19H18FN3O2S2/c20-14-6-2-1-5-13(14)11-17-23-15(12-27-17)18(24)21-8-4-9-22-19(25)16-7-3-10-26-16/h1-3,5-7,10,12H,4,8-9,11H2,(H,21,24)(H,22,25). The van der Waals surface area contributed by atoms with Crippen LogP contribution in [0.4, 0.5) is 4.39 Å². The first kappa shape index (κ1) is 19.2. The summed E-state index contributed by atoms with van der Waals surface area (Å²) in [4.78, 5) is 28.9. The van der Waals surface area contributed by atoms with Crippen LogP contribution in [0.25, 0.3) is 0 Å². The van der Waals surface area contributed by atoms with E-state index < -0.39 is 0 Å². The van der Waals surface area contributed by atoms with Crippen LogP contribution in [0, 0.1) is 5.82 Å². The molecule has 2 heterocycles. The molecule has 2 aromatic heterocycles. The number of thiazole rings is 1. The summed E-state index contributed by atoms with van der Waals surface area (Å²) in [6, 6.07) is 10.1. The zero-order chi connectivity index (χ0) is 19.1. The van der Waals surface area contributed by atoms with E-state index in [1.165, 1.54) is 28.7 Å². The highest BCUT2D eigenvalue weighted by molar-refractivity contribution is 7.12. The third kappa shape index (κ3) is 5.45. The number of nitrogens with zero attached hydrogens (tertiary/aromatic N) is 1. The molecule has 140 valence electrons. The Morgan fingerprint density at radius 2 is 1.78 bits per heavy atom. The molecular weight excluding hydrogens is 385 g/mol. The fourth-order valence-corrected chi connectivity index (χ4v) is 3.82. The topological polar surface area (TPSA) is 71.1 Å². The predicted octanol–water partition coefficient (Wildman–Crippen LogP) is 3.48. The van der Waals surface area contributed by atoms with Crippen molar-refractivity contribution < 1.29 is 14.0 Å². The van der Waals surface area contributed by atoms with Crippen molar-refractivity contribution in [2.24, 2.45) is 0 Å². The van der Waals surface area contributed by atoms with Crippen LogP contribution in [0.15, 0.2) is 47.2 Å². The van der Waals surface area contributed by atoms with E-state index in [2.05, 4.69) is 15.6 Å². The Labute approximate surface area is 164 Å². The normalized spacial score (nSPS) is 10.6. The first-order valence-corrected chi connectivity index (χ1v) is 10.2. The Balaban J connectivity index is 1.40. The smallest absolute Gasteiger partial charge is 0.270 e. The Morgan fingerprint density at radius 3 is 2.52 bits per heavy atom. The average molecular weight is 404 g/mol. The van der Waals surface area contributed by atoms with Gasteiger partial charge in [0, 0.05) is 24.9 Å². The molecule has 0 aliphatic heterocycles. The Kier molecular flexibility index (Phi) is 6.67. The number of benzene rings is 1. The molecule has 3 aromatic rings. The average Bonchev–Trinajstić information content (AvgIpc) is 3.35. The summed E-state index contributed by atoms with van der Waals surface area (Å²) >= 11 is 2.72. The molecule has 8 heteroatoms. The van der Waals surface area contributed by atoms with Gasteiger partial charge in [0.25, 0.3) is 11.8 Å². The molecule has 0 saturated heterocycles. The maximum absolute atomic E-state index is 13.7. The first-order chi connectivity index (χ1) is 13.1. The highest BCUT2D eigenvalue weighted by atomic mass is 32.1. The molecular formula is C19H18FN3O2S2. The van der Waals surface area contributed by atoms with Crippen molar-refractivity contribution >= 4 is 34.5 Å². The molecule has 2 N–H and O–H groups in total. The van der Waals surface area contributed by atoms with E-state index in [0.717, 1.165) is 0 Å². The fourth-order valence-electron chi connectivity index (χ4n) is 2.38. The summed E-state index contributed by atoms with van der Waals surface area (Å²) in [5, 5.41) is 9.79. The number of aromatic nitrogens is 1. The summed E-state index contributed by atoms with van der Waals surface area (Å²) in [5.41, 5.74) is 0.884. The van der Waals surface area contributed by atoms with E-state index in [1.54, 1.807) is 29.6 Å². The Bertz CT molecular complexity index is 909. The summed E-state index contributed by atoms with van der Waals surface area (Å²) in [6.45, 7) is 0.913. The van der Waals surface area contributed by atoms with Crippen molar-refractivity contribution in [1.29, 1.82) is 0 Å². The van der Waals surface area contributed by atoms with Crippen LogP contribution < -0.4 is 10.6 Å². The van der Waals surface area contributed by atoms with Gasteiger partial charge in [0.15, 0.2) is 0 Å². The molecule has 27 heavy (non-hydrogen) atoms. The van der Waals surface area contributed by atoms with Crippen molar-refractivity contribution in [1.82, 2.24) is 15.6 Å². The lowest BCUT2D eigenvalue weighted by Gasteiger charge is -2.05. The molecule has 0 aliphatic carbocycles. The van der Waals surface area contributed by atoms with E-state index in [-0.39, 0.29) is 17.6 Å². The van der Waals surface area contributed by atoms with E-state index >= 15 is 0 Å². The zero-order valence-corrected chi connectivity index (χ0v) is 16.0. The van der Waals surface area contributed by atoms with Crippen LogP contribution in [0.3, 0.4) is 0 Å². The molecule has 0 aliphatic rings. The number of carbonyl (C=O) groups excluding carboxylic acids is 2. The number of thiophene rings is 1. The van der Waals surface area contributed by atoms with Gasteiger partial charge in [-0.1, -0.05) is 24.3 Å². The lowest BCUT2D eigenvalue weighted by molar-refractivity contribution is 0.0948. The van der Waals surface area contributed by atoms with Crippen molar-refractivity contribution in [2.45, 2.75) is 12.8 Å². The molecule has 0 spiro atoms. The number of halogens is 1. The summed E-state index contributed by atoms with van der Waals surface area (Å²) in [5.74, 6) is -0.646. The maximum atomic E-state index is 13.7. The zero-order valence-electron chi connectivity index (χ0n) is 14.4. The van der Waals surface area contributed by atoms with Gasteiger partial charge in [0.2, 0.25) is 0 Å². The van der Waals surface area contributed by atoms with Crippen LogP contribution >= 0.6 is 22.7 Å². The number of amides is 2. The van der Waals surface area contributed by atoms with E-state index in [0.29, 0.717) is 47.1 Å². The molecule has 0 bridgehead atoms. The van der Waals surface area contributed by atoms with Crippen molar-refractivity contribution in [2.75, 3.05) is 13.1 Å². The third-order valence-corrected chi connectivity index (χ3v) is 5.47. The Morgan fingerprint density at radius 1 is 1.00 bits per heavy atom. The van der Waals surface area contributed by atoms with Crippen molar-refractivity contribution in [3.8, 4) is 0 Å². The second kappa shape index (κ2) is 9.38. The lowest BCUT2D eigenvalue weighted by Crippen LogP contribution is -2.29. The molecule has 5 nitrogen and oxygen atoms in total. The minimum atomic E-state index is -0.275. The summed E-state index contributed by atoms with van der Waals surface area (Å²) < 4.78 is 13.7. The van der Waals surface area contributed by atoms with E-state index in [9.17, 15) is 14.0 Å². The maximum Gasteiger partial charge on any atom is 0.270 e. The van der Waals surface area contributed by atoms with Gasteiger partial charge < -0.3 is 10.6 Å². The van der Waals surface area contributed by atoms with Crippen LogP contribution in [0.1, 0.15) is 37.2 Å². The highest BCUT2D eigenvalue weighted by Crippen LogP contribution is 2.17. The van der Waals surface area contributed by atoms with E-state index in [1.807, 2.05) is 11.4 Å². The van der Waals surface area contributed by atoms with Gasteiger partial charge >= 0.3 is 0 Å². The summed E-state index contributed by atoms with van der Waals surface area (Å²) in [7, 11) is 0. The molecule has 0 fully saturated rings. The first-order valence-electron chi connectivity index (χ1n) is 8.41. The molecule has 0 atom stereocenters. The van der Waals surface area contributed by atoms with Gasteiger partial charge in [-0.3, -0.25) is 9.59 Å². The summed E-state index contributed by atoms with van der Waals surface area (Å²) in [6.07, 6.45) is 0.981. The number of carbonyl (C=O) groups is 2. The molecule has 0 unspecified atom stereocenters. The SMILES string of the molecule is O=C(NCCCNC(=O)c1cccs1)c1csc(Cc2ccccc2F)n1. The van der Waals surface area contributed by atoms with Gasteiger partial charge in [0.05, 0.1) is 9.88 Å². The highest BCUT2D eigenvalue weighted by Gasteiger charge is 2.12. The second-order valence-corrected chi connectivity index (χ2v) is 7.63. The quantitative estimate of drug-likeness (QED) is 0.566. The third-order valence-electron chi connectivity index (χ3n) is 3.75. The lowest BCUT2D eigenvalue weighted by atomic mass is 10.1. The van der Waals surface area contributed by atoms with Crippen LogP contribution in [-0.4, -0.2) is 29.9 Å². The van der Waals surface area contributed by atoms with Gasteiger partial charge in [-0.05, 0) is 29.5 Å². The van der Waals surface area contributed by atoms with Gasteiger partial charge in [0.1, 0.15) is 11.5 Å². The Hall–Kier alpha value is -2.58. The molecule has 0 radical (unpaired) electrons. The van der Waals surface area contributed by atoms with Gasteiger partial charge in [-0.15, -0.1) is 22.7 Å². The molecule has 1 aromatic carbocycles. The number of hydrogen-bond donors (Lipinski definition) is 2. The number of hydrogen-bond acceptors (Lipinski definition) is 5. The van der Waals surface area contributed by atoms with Crippen LogP contribution in [-0.2, 0) is 6.42 Å². The predicted molar refractivity (Wildman–Crippen MR) is 105 cm³/mol. The van der Waals surface area contributed by atoms with Gasteiger partial charge in [-0.2, -0.15) is 0 Å². The van der Waals surface area contributed by atoms with Crippen LogP contribution in [0.5, 0.6) is 0 Å². The molecule has 3 rings (SSSR count). The van der Waals surface area contributed by atoms with E-state index in [4.69, 9.17) is 0 Å². The van der Waals surface area contributed by atoms with Crippen molar-refractivity contribution in [3.05, 3.63) is 74.1 Å². The van der Waals surface area contributed by atoms with Crippen molar-refractivity contribution in [3.63, 3.8) is 0 Å². The number of nitrogens with one attached hydrogen (secondary N) is 2. The molecule has 0 saturated carbocycles. The largest absolute Gasteiger partial charge is 0.351 e. The van der Waals surface area contributed by atoms with Crippen LogP contribution in [0.2, 0.25) is 0 Å². The van der Waals surface area contributed by atoms with Gasteiger partial charge in [-0.25, -0.2) is 9.37 Å². The number of rotatable bonds is 8. The fraction of sp³-hybridized carbons (Fsp3) is 0.211. The monoisotopic (exact) mass is 403 g/mol. The molecule has 2 amide bonds.